The average Bonchev–Trinajstić information content (AvgIpc) is 3.09. The van der Waals surface area contributed by atoms with Gasteiger partial charge in [0.1, 0.15) is 23.1 Å². The van der Waals surface area contributed by atoms with Crippen LogP contribution in [0.2, 0.25) is 0 Å². The molecule has 1 N–H and O–H groups in total. The van der Waals surface area contributed by atoms with E-state index in [0.717, 1.165) is 11.3 Å². The summed E-state index contributed by atoms with van der Waals surface area (Å²) in [5, 5.41) is 4.96. The second-order valence-electron chi connectivity index (χ2n) is 6.28. The molecule has 0 aliphatic rings. The normalized spacial score (nSPS) is 11.2. The van der Waals surface area contributed by atoms with Crippen molar-refractivity contribution in [2.24, 2.45) is 0 Å². The van der Waals surface area contributed by atoms with Crippen LogP contribution in [0, 0.1) is 6.92 Å². The molecular weight excluding hydrogens is 396 g/mol. The summed E-state index contributed by atoms with van der Waals surface area (Å²) >= 11 is 1.33. The van der Waals surface area contributed by atoms with E-state index < -0.39 is 21.5 Å². The Morgan fingerprint density at radius 3 is 2.54 bits per heavy atom. The lowest BCUT2D eigenvalue weighted by Gasteiger charge is -2.06. The highest BCUT2D eigenvalue weighted by atomic mass is 32.2. The van der Waals surface area contributed by atoms with Gasteiger partial charge in [0.2, 0.25) is 5.91 Å². The molecule has 0 radical (unpaired) electrons. The Morgan fingerprint density at radius 1 is 1.11 bits per heavy atom. The Morgan fingerprint density at radius 2 is 1.82 bits per heavy atom. The van der Waals surface area contributed by atoms with Gasteiger partial charge in [-0.25, -0.2) is 13.4 Å². The molecule has 6 nitrogen and oxygen atoms in total. The van der Waals surface area contributed by atoms with Gasteiger partial charge in [0.05, 0.1) is 11.4 Å². The number of carbonyl (C=O) groups is 1. The van der Waals surface area contributed by atoms with Crippen molar-refractivity contribution >= 4 is 32.8 Å². The first kappa shape index (κ1) is 20.0. The number of anilines is 1. The quantitative estimate of drug-likeness (QED) is 0.607. The molecule has 0 aliphatic carbocycles. The van der Waals surface area contributed by atoms with Gasteiger partial charge in [-0.2, -0.15) is 0 Å². The number of ether oxygens (including phenoxy) is 1. The van der Waals surface area contributed by atoms with Crippen molar-refractivity contribution in [1.82, 2.24) is 4.98 Å². The molecule has 0 aliphatic heterocycles. The molecule has 28 heavy (non-hydrogen) atoms. The van der Waals surface area contributed by atoms with Crippen LogP contribution >= 0.6 is 11.3 Å². The fourth-order valence-corrected chi connectivity index (χ4v) is 4.44. The largest absolute Gasteiger partial charge is 0.486 e. The van der Waals surface area contributed by atoms with Gasteiger partial charge in [-0.3, -0.25) is 4.79 Å². The number of para-hydroxylation sites is 1. The van der Waals surface area contributed by atoms with Gasteiger partial charge in [0.25, 0.3) is 0 Å². The topological polar surface area (TPSA) is 85.4 Å². The third-order valence-electron chi connectivity index (χ3n) is 3.76. The van der Waals surface area contributed by atoms with Crippen LogP contribution in [0.25, 0.3) is 0 Å². The zero-order valence-electron chi connectivity index (χ0n) is 15.3. The van der Waals surface area contributed by atoms with Gasteiger partial charge >= 0.3 is 0 Å². The molecule has 0 saturated heterocycles. The third-order valence-corrected chi connectivity index (χ3v) is 6.07. The second-order valence-corrected chi connectivity index (χ2v) is 9.29. The molecule has 0 atom stereocenters. The number of nitrogens with zero attached hydrogens (tertiary/aromatic N) is 1. The summed E-state index contributed by atoms with van der Waals surface area (Å²) < 4.78 is 30.2. The smallest absolute Gasteiger partial charge is 0.239 e. The molecule has 0 spiro atoms. The van der Waals surface area contributed by atoms with E-state index in [2.05, 4.69) is 10.3 Å². The highest BCUT2D eigenvalue weighted by Crippen LogP contribution is 2.17. The Hall–Kier alpha value is -2.71. The first-order valence-electron chi connectivity index (χ1n) is 8.58. The van der Waals surface area contributed by atoms with Gasteiger partial charge in [0, 0.05) is 11.1 Å². The van der Waals surface area contributed by atoms with Crippen molar-refractivity contribution in [3.63, 3.8) is 0 Å². The van der Waals surface area contributed by atoms with Gasteiger partial charge in [-0.1, -0.05) is 35.9 Å². The molecule has 1 aromatic heterocycles. The SMILES string of the molecule is Cc1ccc(NC(=O)CS(=O)(=O)Cc2csc(COc3ccccc3)n2)cc1. The number of aromatic nitrogens is 1. The Kier molecular flexibility index (Phi) is 6.43. The number of hydrogen-bond acceptors (Lipinski definition) is 6. The zero-order valence-corrected chi connectivity index (χ0v) is 16.9. The van der Waals surface area contributed by atoms with E-state index in [0.29, 0.717) is 16.4 Å². The minimum Gasteiger partial charge on any atom is -0.486 e. The van der Waals surface area contributed by atoms with Gasteiger partial charge < -0.3 is 10.1 Å². The minimum absolute atomic E-state index is 0.267. The van der Waals surface area contributed by atoms with Gasteiger partial charge in [-0.15, -0.1) is 11.3 Å². The van der Waals surface area contributed by atoms with Crippen LogP contribution < -0.4 is 10.1 Å². The van der Waals surface area contributed by atoms with Crippen molar-refractivity contribution in [2.75, 3.05) is 11.1 Å². The predicted octanol–water partition coefficient (Wildman–Crippen LogP) is 3.58. The number of hydrogen-bond donors (Lipinski definition) is 1. The number of rotatable bonds is 8. The summed E-state index contributed by atoms with van der Waals surface area (Å²) in [5.41, 5.74) is 2.04. The highest BCUT2D eigenvalue weighted by molar-refractivity contribution is 7.91. The summed E-state index contributed by atoms with van der Waals surface area (Å²) in [6.45, 7) is 2.20. The van der Waals surface area contributed by atoms with Crippen LogP contribution in [0.4, 0.5) is 5.69 Å². The Balaban J connectivity index is 1.53. The molecule has 0 bridgehead atoms. The Bertz CT molecular complexity index is 1030. The molecule has 1 amide bonds. The number of nitrogens with one attached hydrogen (secondary N) is 1. The van der Waals surface area contributed by atoms with Gasteiger partial charge in [-0.05, 0) is 31.2 Å². The first-order valence-corrected chi connectivity index (χ1v) is 11.3. The monoisotopic (exact) mass is 416 g/mol. The number of benzene rings is 2. The molecule has 2 aromatic carbocycles. The van der Waals surface area contributed by atoms with E-state index >= 15 is 0 Å². The molecule has 3 aromatic rings. The lowest BCUT2D eigenvalue weighted by Crippen LogP contribution is -2.24. The fourth-order valence-electron chi connectivity index (χ4n) is 2.45. The Labute approximate surface area is 168 Å². The predicted molar refractivity (Wildman–Crippen MR) is 110 cm³/mol. The minimum atomic E-state index is -3.62. The lowest BCUT2D eigenvalue weighted by molar-refractivity contribution is -0.113. The second kappa shape index (κ2) is 8.99. The lowest BCUT2D eigenvalue weighted by atomic mass is 10.2. The van der Waals surface area contributed by atoms with E-state index in [1.54, 1.807) is 17.5 Å². The molecular formula is C20H20N2O4S2. The number of sulfone groups is 1. The maximum atomic E-state index is 12.3. The maximum absolute atomic E-state index is 12.3. The standard InChI is InChI=1S/C20H20N2O4S2/c1-15-7-9-16(10-8-15)21-19(23)14-28(24,25)13-17-12-27-20(22-17)11-26-18-5-3-2-4-6-18/h2-10,12H,11,13-14H2,1H3,(H,21,23). The summed E-state index contributed by atoms with van der Waals surface area (Å²) in [4.78, 5) is 16.3. The van der Waals surface area contributed by atoms with E-state index in [4.69, 9.17) is 4.74 Å². The van der Waals surface area contributed by atoms with Crippen molar-refractivity contribution in [2.45, 2.75) is 19.3 Å². The summed E-state index contributed by atoms with van der Waals surface area (Å²) in [7, 11) is -3.62. The number of aryl methyl sites for hydroxylation is 1. The average molecular weight is 417 g/mol. The maximum Gasteiger partial charge on any atom is 0.239 e. The van der Waals surface area contributed by atoms with Crippen molar-refractivity contribution < 1.29 is 17.9 Å². The molecule has 1 heterocycles. The van der Waals surface area contributed by atoms with Crippen LogP contribution in [0.15, 0.2) is 60.0 Å². The van der Waals surface area contributed by atoms with Crippen LogP contribution in [0.5, 0.6) is 5.75 Å². The summed E-state index contributed by atoms with van der Waals surface area (Å²) in [6, 6.07) is 16.5. The molecule has 0 unspecified atom stereocenters. The zero-order chi connectivity index (χ0) is 20.0. The molecule has 146 valence electrons. The van der Waals surface area contributed by atoms with Crippen molar-refractivity contribution in [3.05, 3.63) is 76.2 Å². The first-order chi connectivity index (χ1) is 13.4. The van der Waals surface area contributed by atoms with Gasteiger partial charge in [0.15, 0.2) is 9.84 Å². The van der Waals surface area contributed by atoms with Crippen LogP contribution in [-0.2, 0) is 27.0 Å². The van der Waals surface area contributed by atoms with E-state index in [-0.39, 0.29) is 12.4 Å². The van der Waals surface area contributed by atoms with E-state index in [9.17, 15) is 13.2 Å². The molecule has 0 fully saturated rings. The summed E-state index contributed by atoms with van der Waals surface area (Å²) in [5.74, 6) is -0.712. The summed E-state index contributed by atoms with van der Waals surface area (Å²) in [6.07, 6.45) is 0. The van der Waals surface area contributed by atoms with Crippen molar-refractivity contribution in [1.29, 1.82) is 0 Å². The molecule has 0 saturated carbocycles. The number of thiazole rings is 1. The number of amides is 1. The van der Waals surface area contributed by atoms with E-state index in [1.165, 1.54) is 11.3 Å². The third kappa shape index (κ3) is 6.17. The van der Waals surface area contributed by atoms with E-state index in [1.807, 2.05) is 49.4 Å². The van der Waals surface area contributed by atoms with Crippen LogP contribution in [0.1, 0.15) is 16.3 Å². The molecule has 8 heteroatoms. The van der Waals surface area contributed by atoms with Crippen LogP contribution in [-0.4, -0.2) is 25.1 Å². The molecule has 3 rings (SSSR count). The number of carbonyl (C=O) groups excluding carboxylic acids is 1. The van der Waals surface area contributed by atoms with Crippen molar-refractivity contribution in [3.8, 4) is 5.75 Å². The fraction of sp³-hybridized carbons (Fsp3) is 0.200. The highest BCUT2D eigenvalue weighted by Gasteiger charge is 2.19. The van der Waals surface area contributed by atoms with Crippen LogP contribution in [0.3, 0.4) is 0 Å².